The highest BCUT2D eigenvalue weighted by Crippen LogP contribution is 2.12. The van der Waals surface area contributed by atoms with Gasteiger partial charge in [0.2, 0.25) is 0 Å². The zero-order valence-corrected chi connectivity index (χ0v) is 13.3. The maximum absolute atomic E-state index is 11.8. The number of hydrogen-bond donors (Lipinski definition) is 1. The van der Waals surface area contributed by atoms with E-state index in [9.17, 15) is 4.79 Å². The molecule has 0 rings (SSSR count). The second kappa shape index (κ2) is 9.28. The molecular weight excluding hydrogens is 244 g/mol. The largest absolute Gasteiger partial charge is 0.468 e. The van der Waals surface area contributed by atoms with Gasteiger partial charge in [-0.2, -0.15) is 0 Å². The molecule has 1 N–H and O–H groups in total. The lowest BCUT2D eigenvalue weighted by Gasteiger charge is -2.29. The Morgan fingerprint density at radius 1 is 1.37 bits per heavy atom. The molecule has 0 heterocycles. The van der Waals surface area contributed by atoms with Crippen LogP contribution in [0, 0.1) is 0 Å². The van der Waals surface area contributed by atoms with Crippen LogP contribution in [0.4, 0.5) is 0 Å². The average molecular weight is 274 g/mol. The van der Waals surface area contributed by atoms with Crippen LogP contribution in [0.3, 0.4) is 0 Å². The average Bonchev–Trinajstić information content (AvgIpc) is 2.35. The molecule has 0 saturated carbocycles. The summed E-state index contributed by atoms with van der Waals surface area (Å²) in [7, 11) is 3.46. The Kier molecular flexibility index (Phi) is 8.97. The number of carbonyl (C=O) groups is 1. The van der Waals surface area contributed by atoms with Crippen molar-refractivity contribution in [3.63, 3.8) is 0 Å². The molecule has 0 amide bonds. The third-order valence-corrected chi connectivity index (χ3v) is 3.12. The van der Waals surface area contributed by atoms with Crippen molar-refractivity contribution in [2.75, 3.05) is 40.4 Å². The lowest BCUT2D eigenvalue weighted by Crippen LogP contribution is -2.51. The molecule has 114 valence electrons. The Morgan fingerprint density at radius 2 is 2.00 bits per heavy atom. The Balaban J connectivity index is 4.13. The number of rotatable bonds is 10. The molecule has 0 aromatic carbocycles. The minimum absolute atomic E-state index is 0.207. The number of carbonyl (C=O) groups excluding carboxylic acids is 1. The van der Waals surface area contributed by atoms with Crippen molar-refractivity contribution in [2.24, 2.45) is 0 Å². The van der Waals surface area contributed by atoms with Gasteiger partial charge in [0.1, 0.15) is 5.54 Å². The number of nitrogens with zero attached hydrogens (tertiary/aromatic N) is 1. The van der Waals surface area contributed by atoms with Crippen LogP contribution in [0.15, 0.2) is 0 Å². The standard InChI is InChI=1S/C14H30N2O3/c1-7-15-14(4,13(17)18-6)8-9-16(5)10-11-19-12(2)3/h12,15H,7-11H2,1-6H3. The van der Waals surface area contributed by atoms with E-state index in [-0.39, 0.29) is 12.1 Å². The molecule has 0 radical (unpaired) electrons. The van der Waals surface area contributed by atoms with Gasteiger partial charge in [0, 0.05) is 13.1 Å². The fourth-order valence-corrected chi connectivity index (χ4v) is 1.85. The molecule has 5 nitrogen and oxygen atoms in total. The second-order valence-corrected chi connectivity index (χ2v) is 5.33. The van der Waals surface area contributed by atoms with Crippen molar-refractivity contribution >= 4 is 5.97 Å². The van der Waals surface area contributed by atoms with Crippen LogP contribution in [0.25, 0.3) is 0 Å². The van der Waals surface area contributed by atoms with E-state index in [1.807, 2.05) is 34.7 Å². The molecule has 0 spiro atoms. The Labute approximate surface area is 117 Å². The van der Waals surface area contributed by atoms with Gasteiger partial charge in [-0.1, -0.05) is 6.92 Å². The lowest BCUT2D eigenvalue weighted by atomic mass is 9.97. The van der Waals surface area contributed by atoms with Gasteiger partial charge >= 0.3 is 5.97 Å². The van der Waals surface area contributed by atoms with Gasteiger partial charge in [-0.25, -0.2) is 0 Å². The predicted octanol–water partition coefficient (Wildman–Crippen LogP) is 1.27. The highest BCUT2D eigenvalue weighted by Gasteiger charge is 2.33. The van der Waals surface area contributed by atoms with Crippen molar-refractivity contribution in [1.29, 1.82) is 0 Å². The van der Waals surface area contributed by atoms with Crippen molar-refractivity contribution < 1.29 is 14.3 Å². The highest BCUT2D eigenvalue weighted by molar-refractivity contribution is 5.80. The first-order valence-electron chi connectivity index (χ1n) is 6.99. The minimum atomic E-state index is -0.614. The molecule has 19 heavy (non-hydrogen) atoms. The van der Waals surface area contributed by atoms with Crippen molar-refractivity contribution in [3.8, 4) is 0 Å². The van der Waals surface area contributed by atoms with Gasteiger partial charge in [0.05, 0.1) is 19.8 Å². The maximum Gasteiger partial charge on any atom is 0.325 e. The zero-order valence-electron chi connectivity index (χ0n) is 13.3. The van der Waals surface area contributed by atoms with E-state index in [4.69, 9.17) is 9.47 Å². The van der Waals surface area contributed by atoms with Crippen LogP contribution in [-0.2, 0) is 14.3 Å². The molecule has 0 saturated heterocycles. The van der Waals surface area contributed by atoms with Crippen molar-refractivity contribution in [1.82, 2.24) is 10.2 Å². The summed E-state index contributed by atoms with van der Waals surface area (Å²) < 4.78 is 10.4. The summed E-state index contributed by atoms with van der Waals surface area (Å²) >= 11 is 0. The molecule has 0 aliphatic rings. The normalized spacial score (nSPS) is 14.7. The minimum Gasteiger partial charge on any atom is -0.468 e. The van der Waals surface area contributed by atoms with E-state index in [0.29, 0.717) is 13.0 Å². The van der Waals surface area contributed by atoms with Crippen LogP contribution < -0.4 is 5.32 Å². The number of ether oxygens (including phenoxy) is 2. The van der Waals surface area contributed by atoms with Crippen LogP contribution in [0.5, 0.6) is 0 Å². The third-order valence-electron chi connectivity index (χ3n) is 3.12. The van der Waals surface area contributed by atoms with Gasteiger partial charge in [-0.15, -0.1) is 0 Å². The number of likely N-dealkylation sites (N-methyl/N-ethyl adjacent to an activating group) is 2. The molecule has 1 unspecified atom stereocenters. The highest BCUT2D eigenvalue weighted by atomic mass is 16.5. The number of nitrogens with one attached hydrogen (secondary N) is 1. The molecule has 0 aromatic rings. The molecular formula is C14H30N2O3. The van der Waals surface area contributed by atoms with Crippen LogP contribution >= 0.6 is 0 Å². The van der Waals surface area contributed by atoms with Crippen LogP contribution in [0.1, 0.15) is 34.1 Å². The Bertz CT molecular complexity index is 259. The Morgan fingerprint density at radius 3 is 2.47 bits per heavy atom. The first kappa shape index (κ1) is 18.4. The van der Waals surface area contributed by atoms with Gasteiger partial charge in [-0.05, 0) is 40.8 Å². The number of esters is 1. The summed E-state index contributed by atoms with van der Waals surface area (Å²) in [6, 6.07) is 0. The molecule has 1 atom stereocenters. The summed E-state index contributed by atoms with van der Waals surface area (Å²) in [5.41, 5.74) is -0.614. The van der Waals surface area contributed by atoms with Crippen LogP contribution in [0.2, 0.25) is 0 Å². The van der Waals surface area contributed by atoms with E-state index in [1.54, 1.807) is 0 Å². The first-order chi connectivity index (χ1) is 8.85. The molecule has 0 fully saturated rings. The summed E-state index contributed by atoms with van der Waals surface area (Å²) in [5, 5.41) is 3.21. The van der Waals surface area contributed by atoms with E-state index in [1.165, 1.54) is 7.11 Å². The maximum atomic E-state index is 11.8. The quantitative estimate of drug-likeness (QED) is 0.608. The van der Waals surface area contributed by atoms with Crippen molar-refractivity contribution in [2.45, 2.75) is 45.8 Å². The molecule has 0 bridgehead atoms. The second-order valence-electron chi connectivity index (χ2n) is 5.33. The van der Waals surface area contributed by atoms with Gasteiger partial charge < -0.3 is 19.7 Å². The topological polar surface area (TPSA) is 50.8 Å². The third kappa shape index (κ3) is 7.50. The summed E-state index contributed by atoms with van der Waals surface area (Å²) in [6.45, 7) is 11.1. The molecule has 0 aliphatic heterocycles. The predicted molar refractivity (Wildman–Crippen MR) is 77.3 cm³/mol. The monoisotopic (exact) mass is 274 g/mol. The van der Waals surface area contributed by atoms with Crippen LogP contribution in [-0.4, -0.2) is 62.9 Å². The Hall–Kier alpha value is -0.650. The fraction of sp³-hybridized carbons (Fsp3) is 0.929. The summed E-state index contributed by atoms with van der Waals surface area (Å²) in [5.74, 6) is -0.207. The van der Waals surface area contributed by atoms with Gasteiger partial charge in [0.25, 0.3) is 0 Å². The summed E-state index contributed by atoms with van der Waals surface area (Å²) in [4.78, 5) is 14.0. The van der Waals surface area contributed by atoms with E-state index in [2.05, 4.69) is 10.2 Å². The first-order valence-corrected chi connectivity index (χ1v) is 6.99. The van der Waals surface area contributed by atoms with E-state index in [0.717, 1.165) is 19.6 Å². The molecule has 0 aromatic heterocycles. The summed E-state index contributed by atoms with van der Waals surface area (Å²) in [6.07, 6.45) is 0.974. The number of hydrogen-bond acceptors (Lipinski definition) is 5. The zero-order chi connectivity index (χ0) is 14.9. The molecule has 5 heteroatoms. The molecule has 0 aliphatic carbocycles. The van der Waals surface area contributed by atoms with E-state index < -0.39 is 5.54 Å². The smallest absolute Gasteiger partial charge is 0.325 e. The van der Waals surface area contributed by atoms with E-state index >= 15 is 0 Å². The lowest BCUT2D eigenvalue weighted by molar-refractivity contribution is -0.148. The fourth-order valence-electron chi connectivity index (χ4n) is 1.85. The number of methoxy groups -OCH3 is 1. The van der Waals surface area contributed by atoms with Crippen molar-refractivity contribution in [3.05, 3.63) is 0 Å². The van der Waals surface area contributed by atoms with Gasteiger partial charge in [-0.3, -0.25) is 4.79 Å². The van der Waals surface area contributed by atoms with Gasteiger partial charge in [0.15, 0.2) is 0 Å². The SMILES string of the molecule is CCNC(C)(CCN(C)CCOC(C)C)C(=O)OC.